The minimum atomic E-state index is -0.0116. The highest BCUT2D eigenvalue weighted by molar-refractivity contribution is 4.67. The van der Waals surface area contributed by atoms with E-state index in [1.54, 1.807) is 0 Å². The van der Waals surface area contributed by atoms with Crippen molar-refractivity contribution >= 4 is 0 Å². The highest BCUT2D eigenvalue weighted by Gasteiger charge is 2.16. The lowest BCUT2D eigenvalue weighted by Gasteiger charge is -2.27. The van der Waals surface area contributed by atoms with Gasteiger partial charge in [-0.2, -0.15) is 0 Å². The molecule has 0 aliphatic carbocycles. The Kier molecular flexibility index (Phi) is 7.82. The second-order valence-electron chi connectivity index (χ2n) is 5.42. The molecular weight excluding hydrogens is 230 g/mol. The van der Waals surface area contributed by atoms with E-state index in [9.17, 15) is 0 Å². The van der Waals surface area contributed by atoms with Crippen LogP contribution in [0.15, 0.2) is 0 Å². The van der Waals surface area contributed by atoms with E-state index in [2.05, 4.69) is 25.7 Å². The molecule has 1 heterocycles. The van der Waals surface area contributed by atoms with Crippen LogP contribution in [0.5, 0.6) is 0 Å². The van der Waals surface area contributed by atoms with Crippen molar-refractivity contribution in [3.63, 3.8) is 0 Å². The fourth-order valence-electron chi connectivity index (χ4n) is 2.17. The van der Waals surface area contributed by atoms with Crippen LogP contribution in [-0.4, -0.2) is 63.2 Å². The number of nitrogens with zero attached hydrogens (tertiary/aromatic N) is 1. The summed E-state index contributed by atoms with van der Waals surface area (Å²) in [6.45, 7) is 13.4. The first-order chi connectivity index (χ1) is 8.64. The molecule has 1 aliphatic heterocycles. The average molecular weight is 259 g/mol. The summed E-state index contributed by atoms with van der Waals surface area (Å²) >= 11 is 0. The van der Waals surface area contributed by atoms with Crippen LogP contribution < -0.4 is 0 Å². The zero-order valence-electron chi connectivity index (χ0n) is 12.2. The summed E-state index contributed by atoms with van der Waals surface area (Å²) in [5.41, 5.74) is -0.0116. The number of morpholine rings is 1. The molecule has 4 nitrogen and oxygen atoms in total. The van der Waals surface area contributed by atoms with E-state index in [1.807, 2.05) is 0 Å². The third kappa shape index (κ3) is 7.31. The molecule has 108 valence electrons. The average Bonchev–Trinajstić information content (AvgIpc) is 2.35. The van der Waals surface area contributed by atoms with Gasteiger partial charge in [-0.15, -0.1) is 0 Å². The second-order valence-corrected chi connectivity index (χ2v) is 5.42. The van der Waals surface area contributed by atoms with Crippen molar-refractivity contribution in [2.75, 3.05) is 52.7 Å². The smallest absolute Gasteiger partial charge is 0.0707 e. The predicted molar refractivity (Wildman–Crippen MR) is 73.0 cm³/mol. The van der Waals surface area contributed by atoms with Crippen LogP contribution in [0.4, 0.5) is 0 Å². The van der Waals surface area contributed by atoms with Gasteiger partial charge in [-0.1, -0.05) is 13.3 Å². The van der Waals surface area contributed by atoms with Crippen molar-refractivity contribution in [1.29, 1.82) is 0 Å². The first kappa shape index (κ1) is 15.9. The Morgan fingerprint density at radius 1 is 1.11 bits per heavy atom. The van der Waals surface area contributed by atoms with Crippen molar-refractivity contribution in [3.05, 3.63) is 0 Å². The van der Waals surface area contributed by atoms with Crippen molar-refractivity contribution < 1.29 is 14.2 Å². The van der Waals surface area contributed by atoms with Gasteiger partial charge in [-0.25, -0.2) is 0 Å². The number of ether oxygens (including phenoxy) is 3. The minimum absolute atomic E-state index is 0.0116. The number of hydrogen-bond acceptors (Lipinski definition) is 4. The van der Waals surface area contributed by atoms with Crippen LogP contribution >= 0.6 is 0 Å². The zero-order valence-corrected chi connectivity index (χ0v) is 12.2. The number of hydrogen-bond donors (Lipinski definition) is 0. The molecule has 4 heteroatoms. The Morgan fingerprint density at radius 2 is 1.83 bits per heavy atom. The van der Waals surface area contributed by atoms with Crippen LogP contribution in [0.25, 0.3) is 0 Å². The normalized spacial score (nSPS) is 18.2. The summed E-state index contributed by atoms with van der Waals surface area (Å²) in [7, 11) is 0. The van der Waals surface area contributed by atoms with Crippen LogP contribution in [0.1, 0.15) is 33.6 Å². The van der Waals surface area contributed by atoms with Gasteiger partial charge >= 0.3 is 0 Å². The molecule has 0 unspecified atom stereocenters. The van der Waals surface area contributed by atoms with E-state index in [-0.39, 0.29) is 5.60 Å². The first-order valence-corrected chi connectivity index (χ1v) is 7.16. The highest BCUT2D eigenvalue weighted by atomic mass is 16.5. The van der Waals surface area contributed by atoms with Gasteiger partial charge in [0.15, 0.2) is 0 Å². The fraction of sp³-hybridized carbons (Fsp3) is 1.00. The van der Waals surface area contributed by atoms with Crippen LogP contribution in [0.2, 0.25) is 0 Å². The number of rotatable bonds is 9. The molecule has 0 atom stereocenters. The van der Waals surface area contributed by atoms with E-state index in [1.165, 1.54) is 0 Å². The molecule has 0 aromatic carbocycles. The maximum absolute atomic E-state index is 5.80. The Labute approximate surface area is 112 Å². The predicted octanol–water partition coefficient (Wildman–Crippen LogP) is 1.93. The van der Waals surface area contributed by atoms with E-state index < -0.39 is 0 Å². The minimum Gasteiger partial charge on any atom is -0.379 e. The summed E-state index contributed by atoms with van der Waals surface area (Å²) < 4.78 is 16.7. The Balaban J connectivity index is 1.92. The van der Waals surface area contributed by atoms with Gasteiger partial charge < -0.3 is 14.2 Å². The molecule has 1 aliphatic rings. The molecular formula is C14H29NO3. The highest BCUT2D eigenvalue weighted by Crippen LogP contribution is 2.15. The second kappa shape index (κ2) is 8.86. The molecule has 0 aromatic heterocycles. The van der Waals surface area contributed by atoms with Gasteiger partial charge in [0.25, 0.3) is 0 Å². The van der Waals surface area contributed by atoms with Gasteiger partial charge in [-0.05, 0) is 20.3 Å². The molecule has 0 bridgehead atoms. The lowest BCUT2D eigenvalue weighted by Crippen LogP contribution is -2.38. The molecule has 0 amide bonds. The van der Waals surface area contributed by atoms with Gasteiger partial charge in [0.1, 0.15) is 0 Å². The molecule has 0 saturated carbocycles. The molecule has 1 rings (SSSR count). The van der Waals surface area contributed by atoms with E-state index in [0.29, 0.717) is 13.2 Å². The Bertz CT molecular complexity index is 203. The van der Waals surface area contributed by atoms with Crippen LogP contribution in [-0.2, 0) is 14.2 Å². The van der Waals surface area contributed by atoms with Crippen molar-refractivity contribution in [2.45, 2.75) is 39.2 Å². The molecule has 0 N–H and O–H groups in total. The largest absolute Gasteiger partial charge is 0.379 e. The fourth-order valence-corrected chi connectivity index (χ4v) is 2.17. The van der Waals surface area contributed by atoms with Crippen molar-refractivity contribution in [1.82, 2.24) is 4.90 Å². The molecule has 0 spiro atoms. The van der Waals surface area contributed by atoms with Crippen molar-refractivity contribution in [2.24, 2.45) is 0 Å². The topological polar surface area (TPSA) is 30.9 Å². The zero-order chi connectivity index (χ0) is 13.3. The Hall–Kier alpha value is -0.160. The third-order valence-electron chi connectivity index (χ3n) is 3.23. The van der Waals surface area contributed by atoms with Gasteiger partial charge in [0.2, 0.25) is 0 Å². The molecule has 1 fully saturated rings. The summed E-state index contributed by atoms with van der Waals surface area (Å²) in [5.74, 6) is 0. The first-order valence-electron chi connectivity index (χ1n) is 7.16. The summed E-state index contributed by atoms with van der Waals surface area (Å²) in [6, 6.07) is 0. The molecule has 18 heavy (non-hydrogen) atoms. The molecule has 0 radical (unpaired) electrons. The Morgan fingerprint density at radius 3 is 2.50 bits per heavy atom. The maximum atomic E-state index is 5.80. The monoisotopic (exact) mass is 259 g/mol. The summed E-state index contributed by atoms with van der Waals surface area (Å²) in [6.07, 6.45) is 2.26. The standard InChI is InChI=1S/C14H29NO3/c1-4-5-14(2,3)18-13-12-17-11-8-15-6-9-16-10-7-15/h4-13H2,1-3H3. The van der Waals surface area contributed by atoms with Gasteiger partial charge in [-0.3, -0.25) is 4.90 Å². The summed E-state index contributed by atoms with van der Waals surface area (Å²) in [4.78, 5) is 2.38. The van der Waals surface area contributed by atoms with Gasteiger partial charge in [0.05, 0.1) is 38.6 Å². The van der Waals surface area contributed by atoms with Crippen LogP contribution in [0.3, 0.4) is 0 Å². The van der Waals surface area contributed by atoms with E-state index in [4.69, 9.17) is 14.2 Å². The SMILES string of the molecule is CCCC(C)(C)OCCOCCN1CCOCC1. The maximum Gasteiger partial charge on any atom is 0.0707 e. The van der Waals surface area contributed by atoms with E-state index >= 15 is 0 Å². The van der Waals surface area contributed by atoms with E-state index in [0.717, 1.165) is 52.3 Å². The molecule has 0 aromatic rings. The van der Waals surface area contributed by atoms with Crippen LogP contribution in [0, 0.1) is 0 Å². The lowest BCUT2D eigenvalue weighted by atomic mass is 10.0. The quantitative estimate of drug-likeness (QED) is 0.592. The van der Waals surface area contributed by atoms with Crippen molar-refractivity contribution in [3.8, 4) is 0 Å². The summed E-state index contributed by atoms with van der Waals surface area (Å²) in [5, 5.41) is 0. The van der Waals surface area contributed by atoms with Gasteiger partial charge in [0, 0.05) is 19.6 Å². The third-order valence-corrected chi connectivity index (χ3v) is 3.23. The molecule has 1 saturated heterocycles. The lowest BCUT2D eigenvalue weighted by molar-refractivity contribution is -0.0540.